The highest BCUT2D eigenvalue weighted by Gasteiger charge is 2.23. The summed E-state index contributed by atoms with van der Waals surface area (Å²) in [5.41, 5.74) is 0.204. The summed E-state index contributed by atoms with van der Waals surface area (Å²) >= 11 is 7.27. The van der Waals surface area contributed by atoms with Gasteiger partial charge in [0.05, 0.1) is 0 Å². The quantitative estimate of drug-likeness (QED) is 0.829. The van der Waals surface area contributed by atoms with E-state index in [1.165, 1.54) is 0 Å². The second-order valence-electron chi connectivity index (χ2n) is 4.34. The van der Waals surface area contributed by atoms with E-state index in [9.17, 15) is 5.11 Å². The van der Waals surface area contributed by atoms with Crippen molar-refractivity contribution < 1.29 is 5.11 Å². The Morgan fingerprint density at radius 1 is 1.44 bits per heavy atom. The summed E-state index contributed by atoms with van der Waals surface area (Å²) in [5.74, 6) is 0. The first kappa shape index (κ1) is 13.5. The number of halogens is 1. The Kier molecular flexibility index (Phi) is 4.35. The van der Waals surface area contributed by atoms with Gasteiger partial charge in [-0.3, -0.25) is 0 Å². The van der Waals surface area contributed by atoms with Crippen molar-refractivity contribution in [2.24, 2.45) is 0 Å². The zero-order valence-electron chi connectivity index (χ0n) is 10.1. The van der Waals surface area contributed by atoms with E-state index >= 15 is 0 Å². The van der Waals surface area contributed by atoms with Crippen LogP contribution in [0.5, 0.6) is 0 Å². The summed E-state index contributed by atoms with van der Waals surface area (Å²) in [5, 5.41) is 16.0. The number of hydrogen-bond donors (Lipinski definition) is 2. The number of pyridine rings is 1. The molecule has 96 valence electrons. The molecule has 0 fully saturated rings. The highest BCUT2D eigenvalue weighted by Crippen LogP contribution is 2.24. The molecule has 0 radical (unpaired) electrons. The number of rotatable bonds is 5. The van der Waals surface area contributed by atoms with Gasteiger partial charge in [-0.1, -0.05) is 23.7 Å². The molecule has 2 aromatic heterocycles. The van der Waals surface area contributed by atoms with Crippen LogP contribution in [0.1, 0.15) is 17.4 Å². The molecule has 18 heavy (non-hydrogen) atoms. The molecule has 1 unspecified atom stereocenters. The van der Waals surface area contributed by atoms with Gasteiger partial charge in [-0.05, 0) is 30.0 Å². The zero-order valence-corrected chi connectivity index (χ0v) is 11.6. The molecule has 2 rings (SSSR count). The fraction of sp³-hybridized carbons (Fsp3) is 0.308. The Morgan fingerprint density at radius 3 is 2.89 bits per heavy atom. The molecule has 3 nitrogen and oxygen atoms in total. The molecule has 0 amide bonds. The SMILES string of the molecule is CC(O)(CNCc1ccc(Cl)nc1)c1cccs1. The first-order valence-electron chi connectivity index (χ1n) is 5.65. The summed E-state index contributed by atoms with van der Waals surface area (Å²) in [6.07, 6.45) is 1.73. The van der Waals surface area contributed by atoms with Crippen molar-refractivity contribution in [2.75, 3.05) is 6.54 Å². The van der Waals surface area contributed by atoms with E-state index in [1.807, 2.05) is 30.5 Å². The molecular formula is C13H15ClN2OS. The van der Waals surface area contributed by atoms with Crippen LogP contribution >= 0.6 is 22.9 Å². The molecule has 0 aromatic carbocycles. The van der Waals surface area contributed by atoms with E-state index < -0.39 is 5.60 Å². The first-order valence-corrected chi connectivity index (χ1v) is 6.91. The van der Waals surface area contributed by atoms with Crippen LogP contribution in [0.3, 0.4) is 0 Å². The number of aliphatic hydroxyl groups is 1. The molecule has 2 heterocycles. The molecule has 0 aliphatic carbocycles. The van der Waals surface area contributed by atoms with Gasteiger partial charge in [0, 0.05) is 24.2 Å². The molecular weight excluding hydrogens is 268 g/mol. The molecule has 5 heteroatoms. The molecule has 0 saturated carbocycles. The maximum absolute atomic E-state index is 10.3. The van der Waals surface area contributed by atoms with Crippen molar-refractivity contribution in [1.82, 2.24) is 10.3 Å². The van der Waals surface area contributed by atoms with E-state index in [0.717, 1.165) is 10.4 Å². The van der Waals surface area contributed by atoms with Crippen molar-refractivity contribution in [3.05, 3.63) is 51.4 Å². The van der Waals surface area contributed by atoms with Crippen LogP contribution in [0, 0.1) is 0 Å². The van der Waals surface area contributed by atoms with Crippen LogP contribution in [0.4, 0.5) is 0 Å². The van der Waals surface area contributed by atoms with Crippen molar-refractivity contribution in [2.45, 2.75) is 19.1 Å². The van der Waals surface area contributed by atoms with Gasteiger partial charge >= 0.3 is 0 Å². The summed E-state index contributed by atoms with van der Waals surface area (Å²) in [6, 6.07) is 7.56. The fourth-order valence-corrected chi connectivity index (χ4v) is 2.53. The highest BCUT2D eigenvalue weighted by atomic mass is 35.5. The van der Waals surface area contributed by atoms with Crippen LogP contribution in [-0.4, -0.2) is 16.6 Å². The third kappa shape index (κ3) is 3.53. The molecule has 2 N–H and O–H groups in total. The van der Waals surface area contributed by atoms with Crippen molar-refractivity contribution in [1.29, 1.82) is 0 Å². The van der Waals surface area contributed by atoms with E-state index in [4.69, 9.17) is 11.6 Å². The van der Waals surface area contributed by atoms with E-state index in [2.05, 4.69) is 10.3 Å². The van der Waals surface area contributed by atoms with Gasteiger partial charge in [0.1, 0.15) is 10.8 Å². The maximum Gasteiger partial charge on any atom is 0.129 e. The largest absolute Gasteiger partial charge is 0.383 e. The third-order valence-electron chi connectivity index (χ3n) is 2.64. The molecule has 0 bridgehead atoms. The van der Waals surface area contributed by atoms with Gasteiger partial charge < -0.3 is 10.4 Å². The topological polar surface area (TPSA) is 45.1 Å². The smallest absolute Gasteiger partial charge is 0.129 e. The summed E-state index contributed by atoms with van der Waals surface area (Å²) in [6.45, 7) is 2.97. The lowest BCUT2D eigenvalue weighted by Crippen LogP contribution is -2.34. The van der Waals surface area contributed by atoms with Crippen LogP contribution in [0.2, 0.25) is 5.15 Å². The minimum atomic E-state index is -0.839. The van der Waals surface area contributed by atoms with E-state index in [-0.39, 0.29) is 0 Å². The number of nitrogens with one attached hydrogen (secondary N) is 1. The Labute approximate surface area is 115 Å². The van der Waals surface area contributed by atoms with Gasteiger partial charge in [0.25, 0.3) is 0 Å². The molecule has 0 aliphatic rings. The predicted molar refractivity (Wildman–Crippen MR) is 74.8 cm³/mol. The average molecular weight is 283 g/mol. The Morgan fingerprint density at radius 2 is 2.28 bits per heavy atom. The van der Waals surface area contributed by atoms with E-state index in [1.54, 1.807) is 23.6 Å². The van der Waals surface area contributed by atoms with Crippen LogP contribution in [0.15, 0.2) is 35.8 Å². The highest BCUT2D eigenvalue weighted by molar-refractivity contribution is 7.10. The predicted octanol–water partition coefficient (Wildman–Crippen LogP) is 2.79. The van der Waals surface area contributed by atoms with E-state index in [0.29, 0.717) is 18.2 Å². The van der Waals surface area contributed by atoms with Crippen LogP contribution < -0.4 is 5.32 Å². The standard InChI is InChI=1S/C13H15ClN2OS/c1-13(17,11-3-2-6-18-11)9-15-7-10-4-5-12(14)16-8-10/h2-6,8,15,17H,7,9H2,1H3. The van der Waals surface area contributed by atoms with Gasteiger partial charge in [0.2, 0.25) is 0 Å². The lowest BCUT2D eigenvalue weighted by molar-refractivity contribution is 0.0604. The Balaban J connectivity index is 1.87. The van der Waals surface area contributed by atoms with Crippen molar-refractivity contribution in [3.63, 3.8) is 0 Å². The van der Waals surface area contributed by atoms with Crippen molar-refractivity contribution in [3.8, 4) is 0 Å². The summed E-state index contributed by atoms with van der Waals surface area (Å²) < 4.78 is 0. The molecule has 1 atom stereocenters. The number of nitrogens with zero attached hydrogens (tertiary/aromatic N) is 1. The second-order valence-corrected chi connectivity index (χ2v) is 5.68. The lowest BCUT2D eigenvalue weighted by Gasteiger charge is -2.22. The van der Waals surface area contributed by atoms with Gasteiger partial charge in [-0.25, -0.2) is 4.98 Å². The summed E-state index contributed by atoms with van der Waals surface area (Å²) in [4.78, 5) is 4.97. The fourth-order valence-electron chi connectivity index (χ4n) is 1.63. The number of aromatic nitrogens is 1. The van der Waals surface area contributed by atoms with Crippen LogP contribution in [-0.2, 0) is 12.1 Å². The Hall–Kier alpha value is -0.940. The third-order valence-corrected chi connectivity index (χ3v) is 3.99. The second kappa shape index (κ2) is 5.80. The number of hydrogen-bond acceptors (Lipinski definition) is 4. The van der Waals surface area contributed by atoms with Crippen molar-refractivity contribution >= 4 is 22.9 Å². The molecule has 0 saturated heterocycles. The van der Waals surface area contributed by atoms with Gasteiger partial charge in [0.15, 0.2) is 0 Å². The minimum Gasteiger partial charge on any atom is -0.383 e. The average Bonchev–Trinajstić information content (AvgIpc) is 2.86. The normalized spacial score (nSPS) is 14.4. The van der Waals surface area contributed by atoms with Crippen LogP contribution in [0.25, 0.3) is 0 Å². The molecule has 2 aromatic rings. The maximum atomic E-state index is 10.3. The van der Waals surface area contributed by atoms with Gasteiger partial charge in [-0.15, -0.1) is 11.3 Å². The molecule has 0 aliphatic heterocycles. The van der Waals surface area contributed by atoms with Gasteiger partial charge in [-0.2, -0.15) is 0 Å². The zero-order chi connectivity index (χ0) is 13.0. The Bertz CT molecular complexity index is 482. The minimum absolute atomic E-state index is 0.490. The summed E-state index contributed by atoms with van der Waals surface area (Å²) in [7, 11) is 0. The first-order chi connectivity index (χ1) is 8.58. The lowest BCUT2D eigenvalue weighted by atomic mass is 10.1. The molecule has 0 spiro atoms. The monoisotopic (exact) mass is 282 g/mol. The number of thiophene rings is 1.